The van der Waals surface area contributed by atoms with Gasteiger partial charge in [0.05, 0.1) is 26.0 Å². The maximum Gasteiger partial charge on any atom is 0.276 e. The molecule has 0 bridgehead atoms. The predicted octanol–water partition coefficient (Wildman–Crippen LogP) is 2.78. The molecule has 0 aliphatic carbocycles. The summed E-state index contributed by atoms with van der Waals surface area (Å²) < 4.78 is 13.0. The smallest absolute Gasteiger partial charge is 0.276 e. The lowest BCUT2D eigenvalue weighted by Gasteiger charge is -2.34. The third-order valence-electron chi connectivity index (χ3n) is 6.96. The average molecular weight is 490 g/mol. The van der Waals surface area contributed by atoms with Gasteiger partial charge >= 0.3 is 0 Å². The van der Waals surface area contributed by atoms with E-state index in [-0.39, 0.29) is 24.5 Å². The van der Waals surface area contributed by atoms with E-state index in [1.54, 1.807) is 16.7 Å². The van der Waals surface area contributed by atoms with Gasteiger partial charge in [0.25, 0.3) is 5.91 Å². The normalized spacial score (nSPS) is 17.6. The van der Waals surface area contributed by atoms with Crippen molar-refractivity contribution in [2.45, 2.75) is 39.0 Å². The summed E-state index contributed by atoms with van der Waals surface area (Å²) in [6, 6.07) is 16.0. The molecular weight excluding hydrogens is 458 g/mol. The molecule has 0 spiro atoms. The molecule has 0 saturated carbocycles. The number of nitrogens with zero attached hydrogens (tertiary/aromatic N) is 5. The standard InChI is InChI=1S/C27H31N5O4/c1-19-3-8-21(9-4-19)24-17-32-23(18-36-24)26(28-29-32)27(34)31-15-13-30(14-16-31)25(33)12-7-20-5-10-22(35-2)11-6-20/h3-6,8-11,24H,7,12-18H2,1-2H3. The Morgan fingerprint density at radius 1 is 1.00 bits per heavy atom. The Morgan fingerprint density at radius 2 is 1.69 bits per heavy atom. The number of carbonyl (C=O) groups is 2. The topological polar surface area (TPSA) is 89.8 Å². The SMILES string of the molecule is COc1ccc(CCC(=O)N2CCN(C(=O)c3nnn4c3COC(c3ccc(C)cc3)C4)CC2)cc1. The van der Waals surface area contributed by atoms with Crippen LogP contribution in [0.3, 0.4) is 0 Å². The van der Waals surface area contributed by atoms with Gasteiger partial charge in [-0.1, -0.05) is 47.2 Å². The lowest BCUT2D eigenvalue weighted by Crippen LogP contribution is -2.50. The fourth-order valence-electron chi connectivity index (χ4n) is 4.67. The molecule has 188 valence electrons. The molecule has 1 saturated heterocycles. The number of ether oxygens (including phenoxy) is 2. The Bertz CT molecular complexity index is 1210. The number of hydrogen-bond donors (Lipinski definition) is 0. The zero-order valence-corrected chi connectivity index (χ0v) is 20.7. The summed E-state index contributed by atoms with van der Waals surface area (Å²) >= 11 is 0. The number of fused-ring (bicyclic) bond motifs is 1. The summed E-state index contributed by atoms with van der Waals surface area (Å²) in [7, 11) is 1.64. The van der Waals surface area contributed by atoms with Gasteiger partial charge in [0, 0.05) is 32.6 Å². The third kappa shape index (κ3) is 5.11. The van der Waals surface area contributed by atoms with E-state index in [1.807, 2.05) is 29.2 Å². The Kier molecular flexibility index (Phi) is 6.99. The number of methoxy groups -OCH3 is 1. The number of piperazine rings is 1. The van der Waals surface area contributed by atoms with Gasteiger partial charge in [-0.3, -0.25) is 9.59 Å². The van der Waals surface area contributed by atoms with E-state index in [0.717, 1.165) is 16.9 Å². The van der Waals surface area contributed by atoms with Crippen LogP contribution in [0.2, 0.25) is 0 Å². The van der Waals surface area contributed by atoms with Gasteiger partial charge in [0.2, 0.25) is 5.91 Å². The first-order valence-corrected chi connectivity index (χ1v) is 12.3. The van der Waals surface area contributed by atoms with Crippen molar-refractivity contribution in [2.24, 2.45) is 0 Å². The first kappa shape index (κ1) is 24.0. The van der Waals surface area contributed by atoms with Crippen molar-refractivity contribution in [3.63, 3.8) is 0 Å². The molecule has 9 nitrogen and oxygen atoms in total. The van der Waals surface area contributed by atoms with E-state index in [2.05, 4.69) is 41.5 Å². The highest BCUT2D eigenvalue weighted by Crippen LogP contribution is 2.27. The zero-order chi connectivity index (χ0) is 25.1. The lowest BCUT2D eigenvalue weighted by atomic mass is 10.1. The second-order valence-electron chi connectivity index (χ2n) is 9.30. The summed E-state index contributed by atoms with van der Waals surface area (Å²) in [5, 5.41) is 8.44. The van der Waals surface area contributed by atoms with Crippen LogP contribution in [0.4, 0.5) is 0 Å². The lowest BCUT2D eigenvalue weighted by molar-refractivity contribution is -0.132. The van der Waals surface area contributed by atoms with E-state index in [1.165, 1.54) is 5.56 Å². The van der Waals surface area contributed by atoms with Crippen molar-refractivity contribution in [3.8, 4) is 5.75 Å². The van der Waals surface area contributed by atoms with Crippen LogP contribution in [0, 0.1) is 6.92 Å². The summed E-state index contributed by atoms with van der Waals surface area (Å²) in [6.07, 6.45) is 1.01. The minimum Gasteiger partial charge on any atom is -0.497 e. The Balaban J connectivity index is 1.14. The third-order valence-corrected chi connectivity index (χ3v) is 6.96. The number of aryl methyl sites for hydroxylation is 2. The molecule has 1 atom stereocenters. The van der Waals surface area contributed by atoms with Crippen LogP contribution in [0.25, 0.3) is 0 Å². The van der Waals surface area contributed by atoms with Crippen molar-refractivity contribution in [1.82, 2.24) is 24.8 Å². The fourth-order valence-corrected chi connectivity index (χ4v) is 4.67. The minimum absolute atomic E-state index is 0.106. The van der Waals surface area contributed by atoms with Crippen LogP contribution in [0.15, 0.2) is 48.5 Å². The number of rotatable bonds is 6. The quantitative estimate of drug-likeness (QED) is 0.529. The molecule has 9 heteroatoms. The first-order valence-electron chi connectivity index (χ1n) is 12.3. The number of benzene rings is 2. The Labute approximate surface area is 210 Å². The maximum absolute atomic E-state index is 13.2. The van der Waals surface area contributed by atoms with Crippen LogP contribution in [0.1, 0.15) is 45.4 Å². The highest BCUT2D eigenvalue weighted by atomic mass is 16.5. The van der Waals surface area contributed by atoms with Crippen LogP contribution in [-0.4, -0.2) is 69.9 Å². The number of hydrogen-bond acceptors (Lipinski definition) is 6. The van der Waals surface area contributed by atoms with Crippen LogP contribution < -0.4 is 4.74 Å². The fraction of sp³-hybridized carbons (Fsp3) is 0.407. The average Bonchev–Trinajstić information content (AvgIpc) is 3.35. The van der Waals surface area contributed by atoms with Gasteiger partial charge in [0.15, 0.2) is 5.69 Å². The molecule has 0 N–H and O–H groups in total. The highest BCUT2D eigenvalue weighted by molar-refractivity contribution is 5.93. The van der Waals surface area contributed by atoms with Crippen molar-refractivity contribution in [1.29, 1.82) is 0 Å². The van der Waals surface area contributed by atoms with E-state index >= 15 is 0 Å². The predicted molar refractivity (Wildman–Crippen MR) is 133 cm³/mol. The van der Waals surface area contributed by atoms with Gasteiger partial charge in [-0.25, -0.2) is 4.68 Å². The van der Waals surface area contributed by atoms with Gasteiger partial charge in [-0.05, 0) is 36.6 Å². The Hall–Kier alpha value is -3.72. The van der Waals surface area contributed by atoms with E-state index < -0.39 is 0 Å². The van der Waals surface area contributed by atoms with E-state index in [9.17, 15) is 9.59 Å². The molecule has 2 aliphatic rings. The summed E-state index contributed by atoms with van der Waals surface area (Å²) in [5.74, 6) is 0.756. The van der Waals surface area contributed by atoms with Gasteiger partial charge in [-0.2, -0.15) is 0 Å². The van der Waals surface area contributed by atoms with Crippen molar-refractivity contribution >= 4 is 11.8 Å². The molecule has 3 aromatic rings. The molecule has 2 aliphatic heterocycles. The van der Waals surface area contributed by atoms with Gasteiger partial charge in [-0.15, -0.1) is 5.10 Å². The molecular formula is C27H31N5O4. The van der Waals surface area contributed by atoms with Gasteiger partial charge in [0.1, 0.15) is 11.9 Å². The number of amides is 2. The Morgan fingerprint density at radius 3 is 2.39 bits per heavy atom. The molecule has 36 heavy (non-hydrogen) atoms. The summed E-state index contributed by atoms with van der Waals surface area (Å²) in [4.78, 5) is 29.5. The van der Waals surface area contributed by atoms with Crippen LogP contribution in [0.5, 0.6) is 5.75 Å². The molecule has 1 unspecified atom stereocenters. The van der Waals surface area contributed by atoms with E-state index in [0.29, 0.717) is 57.0 Å². The zero-order valence-electron chi connectivity index (χ0n) is 20.7. The largest absolute Gasteiger partial charge is 0.497 e. The van der Waals surface area contributed by atoms with Crippen LogP contribution in [-0.2, 0) is 29.1 Å². The molecule has 0 radical (unpaired) electrons. The second-order valence-corrected chi connectivity index (χ2v) is 9.30. The van der Waals surface area contributed by atoms with Crippen molar-refractivity contribution in [2.75, 3.05) is 33.3 Å². The molecule has 2 amide bonds. The molecule has 2 aromatic carbocycles. The molecule has 5 rings (SSSR count). The van der Waals surface area contributed by atoms with Crippen molar-refractivity contribution in [3.05, 3.63) is 76.6 Å². The minimum atomic E-state index is -0.154. The first-order chi connectivity index (χ1) is 17.5. The van der Waals surface area contributed by atoms with E-state index in [4.69, 9.17) is 9.47 Å². The second kappa shape index (κ2) is 10.5. The van der Waals surface area contributed by atoms with Crippen molar-refractivity contribution < 1.29 is 19.1 Å². The molecule has 3 heterocycles. The maximum atomic E-state index is 13.2. The highest BCUT2D eigenvalue weighted by Gasteiger charge is 2.32. The van der Waals surface area contributed by atoms with Crippen LogP contribution >= 0.6 is 0 Å². The number of aromatic nitrogens is 3. The molecule has 1 fully saturated rings. The monoisotopic (exact) mass is 489 g/mol. The molecule has 1 aromatic heterocycles. The summed E-state index contributed by atoms with van der Waals surface area (Å²) in [6.45, 7) is 4.85. The number of carbonyl (C=O) groups excluding carboxylic acids is 2. The summed E-state index contributed by atoms with van der Waals surface area (Å²) in [5.41, 5.74) is 4.44. The van der Waals surface area contributed by atoms with Gasteiger partial charge < -0.3 is 19.3 Å².